The van der Waals surface area contributed by atoms with E-state index < -0.39 is 28.9 Å². The molecule has 2 aromatic heterocycles. The second kappa shape index (κ2) is 8.90. The van der Waals surface area contributed by atoms with E-state index in [1.165, 1.54) is 18.3 Å². The summed E-state index contributed by atoms with van der Waals surface area (Å²) < 4.78 is 40.9. The highest BCUT2D eigenvalue weighted by Gasteiger charge is 2.41. The SMILES string of the molecule is CC(C)(N)CNC(=O)c1cnn(-c2ncccc2Cl)c1C(F)(F)F.Cl.Cl. The van der Waals surface area contributed by atoms with Crippen LogP contribution >= 0.6 is 36.4 Å². The number of pyridine rings is 1. The first-order valence-corrected chi connectivity index (χ1v) is 7.22. The van der Waals surface area contributed by atoms with Crippen LogP contribution in [-0.4, -0.2) is 32.8 Å². The number of nitrogens with two attached hydrogens (primary N) is 1. The van der Waals surface area contributed by atoms with Crippen LogP contribution in [-0.2, 0) is 6.18 Å². The number of nitrogens with one attached hydrogen (secondary N) is 1. The molecule has 0 radical (unpaired) electrons. The quantitative estimate of drug-likeness (QED) is 0.773. The first kappa shape index (κ1) is 24.5. The number of aromatic nitrogens is 3. The molecule has 0 bridgehead atoms. The zero-order valence-electron chi connectivity index (χ0n) is 13.7. The molecule has 146 valence electrons. The van der Waals surface area contributed by atoms with Gasteiger partial charge in [0, 0.05) is 18.3 Å². The molecule has 0 saturated heterocycles. The van der Waals surface area contributed by atoms with Gasteiger partial charge in [0.05, 0.1) is 16.8 Å². The van der Waals surface area contributed by atoms with Crippen LogP contribution in [0.1, 0.15) is 29.9 Å². The largest absolute Gasteiger partial charge is 0.434 e. The van der Waals surface area contributed by atoms with Crippen molar-refractivity contribution in [2.75, 3.05) is 6.54 Å². The molecule has 26 heavy (non-hydrogen) atoms. The zero-order valence-corrected chi connectivity index (χ0v) is 16.1. The van der Waals surface area contributed by atoms with Gasteiger partial charge in [0.2, 0.25) is 0 Å². The number of rotatable bonds is 4. The van der Waals surface area contributed by atoms with Gasteiger partial charge in [0.15, 0.2) is 11.5 Å². The fourth-order valence-electron chi connectivity index (χ4n) is 1.88. The van der Waals surface area contributed by atoms with Gasteiger partial charge in [-0.3, -0.25) is 4.79 Å². The van der Waals surface area contributed by atoms with Crippen molar-refractivity contribution in [1.82, 2.24) is 20.1 Å². The number of hydrogen-bond acceptors (Lipinski definition) is 4. The van der Waals surface area contributed by atoms with E-state index in [4.69, 9.17) is 17.3 Å². The number of halogens is 6. The molecule has 2 aromatic rings. The lowest BCUT2D eigenvalue weighted by atomic mass is 10.1. The van der Waals surface area contributed by atoms with Crippen molar-refractivity contribution in [3.63, 3.8) is 0 Å². The molecular weight excluding hydrogens is 418 g/mol. The smallest absolute Gasteiger partial charge is 0.350 e. The molecule has 0 spiro atoms. The van der Waals surface area contributed by atoms with Gasteiger partial charge < -0.3 is 11.1 Å². The first-order valence-electron chi connectivity index (χ1n) is 6.84. The molecule has 0 atom stereocenters. The van der Waals surface area contributed by atoms with Crippen molar-refractivity contribution >= 4 is 42.3 Å². The molecule has 6 nitrogen and oxygen atoms in total. The molecular formula is C14H17Cl3F3N5O. The van der Waals surface area contributed by atoms with Crippen LogP contribution in [0.25, 0.3) is 5.82 Å². The minimum Gasteiger partial charge on any atom is -0.350 e. The summed E-state index contributed by atoms with van der Waals surface area (Å²) in [5.41, 5.74) is 3.06. The number of alkyl halides is 3. The number of nitrogens with zero attached hydrogens (tertiary/aromatic N) is 3. The third kappa shape index (κ3) is 5.73. The minimum atomic E-state index is -4.83. The lowest BCUT2D eigenvalue weighted by Gasteiger charge is -2.19. The Morgan fingerprint density at radius 2 is 1.96 bits per heavy atom. The molecule has 0 fully saturated rings. The molecule has 2 heterocycles. The van der Waals surface area contributed by atoms with Crippen molar-refractivity contribution in [3.8, 4) is 5.82 Å². The maximum Gasteiger partial charge on any atom is 0.434 e. The number of carbonyl (C=O) groups excluding carboxylic acids is 1. The maximum atomic E-state index is 13.5. The standard InChI is InChI=1S/C14H15ClF3N5O.2ClH/c1-13(2,19)7-21-12(24)8-6-22-23(10(8)14(16,17)18)11-9(15)4-3-5-20-11;;/h3-6H,7,19H2,1-2H3,(H,21,24);2*1H. The average molecular weight is 435 g/mol. The lowest BCUT2D eigenvalue weighted by molar-refractivity contribution is -0.143. The van der Waals surface area contributed by atoms with Crippen molar-refractivity contribution < 1.29 is 18.0 Å². The van der Waals surface area contributed by atoms with Gasteiger partial charge in [-0.2, -0.15) is 18.3 Å². The highest BCUT2D eigenvalue weighted by atomic mass is 35.5. The van der Waals surface area contributed by atoms with Crippen molar-refractivity contribution in [3.05, 3.63) is 40.8 Å². The van der Waals surface area contributed by atoms with Crippen LogP contribution in [0, 0.1) is 0 Å². The van der Waals surface area contributed by atoms with Crippen LogP contribution in [0.2, 0.25) is 5.02 Å². The van der Waals surface area contributed by atoms with Gasteiger partial charge >= 0.3 is 6.18 Å². The van der Waals surface area contributed by atoms with Crippen LogP contribution in [0.15, 0.2) is 24.5 Å². The van der Waals surface area contributed by atoms with E-state index in [1.54, 1.807) is 13.8 Å². The Balaban J connectivity index is 0.00000312. The van der Waals surface area contributed by atoms with E-state index >= 15 is 0 Å². The summed E-state index contributed by atoms with van der Waals surface area (Å²) in [5.74, 6) is -1.15. The van der Waals surface area contributed by atoms with Crippen molar-refractivity contribution in [1.29, 1.82) is 0 Å². The summed E-state index contributed by atoms with van der Waals surface area (Å²) in [6.45, 7) is 3.27. The second-order valence-electron chi connectivity index (χ2n) is 5.80. The third-order valence-corrected chi connectivity index (χ3v) is 3.22. The van der Waals surface area contributed by atoms with E-state index in [1.807, 2.05) is 0 Å². The number of carbonyl (C=O) groups is 1. The van der Waals surface area contributed by atoms with E-state index in [0.29, 0.717) is 4.68 Å². The Morgan fingerprint density at radius 3 is 2.46 bits per heavy atom. The maximum absolute atomic E-state index is 13.5. The molecule has 0 aliphatic rings. The zero-order chi connectivity index (χ0) is 18.1. The van der Waals surface area contributed by atoms with Gasteiger partial charge in [-0.1, -0.05) is 11.6 Å². The Morgan fingerprint density at radius 1 is 1.35 bits per heavy atom. The summed E-state index contributed by atoms with van der Waals surface area (Å²) in [6.07, 6.45) is -2.73. The Labute approximate surface area is 165 Å². The third-order valence-electron chi connectivity index (χ3n) is 2.93. The van der Waals surface area contributed by atoms with E-state index in [-0.39, 0.29) is 42.2 Å². The van der Waals surface area contributed by atoms with Crippen LogP contribution in [0.5, 0.6) is 0 Å². The lowest BCUT2D eigenvalue weighted by Crippen LogP contribution is -2.45. The fourth-order valence-corrected chi connectivity index (χ4v) is 2.09. The van der Waals surface area contributed by atoms with E-state index in [2.05, 4.69) is 15.4 Å². The topological polar surface area (TPSA) is 85.8 Å². The summed E-state index contributed by atoms with van der Waals surface area (Å²) in [7, 11) is 0. The molecule has 0 aliphatic carbocycles. The van der Waals surface area contributed by atoms with Crippen LogP contribution in [0.3, 0.4) is 0 Å². The predicted octanol–water partition coefficient (Wildman–Crippen LogP) is 3.25. The molecule has 0 saturated carbocycles. The van der Waals surface area contributed by atoms with Crippen molar-refractivity contribution in [2.45, 2.75) is 25.6 Å². The molecule has 2 rings (SSSR count). The summed E-state index contributed by atoms with van der Waals surface area (Å²) >= 11 is 5.88. The monoisotopic (exact) mass is 433 g/mol. The summed E-state index contributed by atoms with van der Waals surface area (Å²) in [5, 5.41) is 5.97. The Kier molecular flexibility index (Phi) is 8.37. The molecule has 0 aromatic carbocycles. The van der Waals surface area contributed by atoms with Gasteiger partial charge in [0.25, 0.3) is 5.91 Å². The number of amides is 1. The molecule has 12 heteroatoms. The number of hydrogen-bond donors (Lipinski definition) is 2. The average Bonchev–Trinajstić information content (AvgIpc) is 2.89. The van der Waals surface area contributed by atoms with Crippen LogP contribution in [0.4, 0.5) is 13.2 Å². The van der Waals surface area contributed by atoms with Gasteiger partial charge in [-0.05, 0) is 26.0 Å². The molecule has 1 amide bonds. The van der Waals surface area contributed by atoms with Gasteiger partial charge in [0.1, 0.15) is 0 Å². The second-order valence-corrected chi connectivity index (χ2v) is 6.20. The Hall–Kier alpha value is -1.55. The van der Waals surface area contributed by atoms with Gasteiger partial charge in [-0.15, -0.1) is 24.8 Å². The Bertz CT molecular complexity index is 759. The fraction of sp³-hybridized carbons (Fsp3) is 0.357. The summed E-state index contributed by atoms with van der Waals surface area (Å²) in [4.78, 5) is 15.9. The highest BCUT2D eigenvalue weighted by molar-refractivity contribution is 6.32. The van der Waals surface area contributed by atoms with Gasteiger partial charge in [-0.25, -0.2) is 9.67 Å². The minimum absolute atomic E-state index is 0. The molecule has 3 N–H and O–H groups in total. The molecule has 0 aliphatic heterocycles. The van der Waals surface area contributed by atoms with E-state index in [9.17, 15) is 18.0 Å². The van der Waals surface area contributed by atoms with E-state index in [0.717, 1.165) is 6.20 Å². The molecule has 0 unspecified atom stereocenters. The summed E-state index contributed by atoms with van der Waals surface area (Å²) in [6, 6.07) is 2.85. The van der Waals surface area contributed by atoms with Crippen LogP contribution < -0.4 is 11.1 Å². The van der Waals surface area contributed by atoms with Crippen molar-refractivity contribution in [2.24, 2.45) is 5.73 Å². The first-order chi connectivity index (χ1) is 11.0. The normalized spacial score (nSPS) is 11.3. The highest BCUT2D eigenvalue weighted by Crippen LogP contribution is 2.34. The predicted molar refractivity (Wildman–Crippen MR) is 96.5 cm³/mol.